The number of hydrogen-bond acceptors (Lipinski definition) is 4. The number of sulfone groups is 1. The van der Waals surface area contributed by atoms with Gasteiger partial charge in [0.25, 0.3) is 0 Å². The van der Waals surface area contributed by atoms with Crippen molar-refractivity contribution in [1.82, 2.24) is 4.90 Å². The van der Waals surface area contributed by atoms with E-state index in [9.17, 15) is 21.6 Å². The van der Waals surface area contributed by atoms with E-state index < -0.39 is 28.3 Å². The fourth-order valence-electron chi connectivity index (χ4n) is 1.52. The van der Waals surface area contributed by atoms with Gasteiger partial charge in [-0.05, 0) is 31.3 Å². The summed E-state index contributed by atoms with van der Waals surface area (Å²) in [6.45, 7) is -1.38. The predicted octanol–water partition coefficient (Wildman–Crippen LogP) is 1.83. The van der Waals surface area contributed by atoms with Gasteiger partial charge in [-0.15, -0.1) is 0 Å². The second kappa shape index (κ2) is 6.24. The number of rotatable bonds is 5. The van der Waals surface area contributed by atoms with Crippen LogP contribution < -0.4 is 0 Å². The van der Waals surface area contributed by atoms with Crippen molar-refractivity contribution in [2.75, 3.05) is 25.9 Å². The number of nitriles is 1. The van der Waals surface area contributed by atoms with Crippen molar-refractivity contribution < 1.29 is 21.6 Å². The van der Waals surface area contributed by atoms with Crippen molar-refractivity contribution in [2.24, 2.45) is 0 Å². The average molecular weight is 306 g/mol. The minimum atomic E-state index is -4.35. The Bertz CT molecular complexity index is 589. The molecule has 0 unspecified atom stereocenters. The Labute approximate surface area is 115 Å². The lowest BCUT2D eigenvalue weighted by Gasteiger charge is -2.18. The van der Waals surface area contributed by atoms with Crippen LogP contribution in [0.15, 0.2) is 29.2 Å². The Balaban J connectivity index is 2.68. The number of nitrogens with zero attached hydrogens (tertiary/aromatic N) is 2. The van der Waals surface area contributed by atoms with Gasteiger partial charge in [-0.1, -0.05) is 0 Å². The molecule has 1 rings (SSSR count). The smallest absolute Gasteiger partial charge is 0.297 e. The molecule has 0 spiro atoms. The minimum Gasteiger partial charge on any atom is -0.297 e. The number of benzene rings is 1. The standard InChI is InChI=1S/C12H13F3N2O2S/c1-17(9-12(13,14)15)6-7-20(18,19)11-4-2-10(8-16)3-5-11/h2-5H,6-7,9H2,1H3. The maximum absolute atomic E-state index is 12.1. The molecule has 0 aromatic heterocycles. The van der Waals surface area contributed by atoms with Crippen molar-refractivity contribution >= 4 is 9.84 Å². The van der Waals surface area contributed by atoms with E-state index in [1.807, 2.05) is 6.07 Å². The molecule has 0 bridgehead atoms. The van der Waals surface area contributed by atoms with Gasteiger partial charge in [0.1, 0.15) is 0 Å². The van der Waals surface area contributed by atoms with Gasteiger partial charge in [0, 0.05) is 6.54 Å². The van der Waals surface area contributed by atoms with Crippen LogP contribution in [0, 0.1) is 11.3 Å². The molecule has 4 nitrogen and oxygen atoms in total. The van der Waals surface area contributed by atoms with Gasteiger partial charge in [-0.2, -0.15) is 18.4 Å². The number of alkyl halides is 3. The molecule has 0 amide bonds. The van der Waals surface area contributed by atoms with E-state index in [2.05, 4.69) is 0 Å². The summed E-state index contributed by atoms with van der Waals surface area (Å²) < 4.78 is 60.2. The summed E-state index contributed by atoms with van der Waals surface area (Å²) in [5, 5.41) is 8.60. The Morgan fingerprint density at radius 2 is 1.80 bits per heavy atom. The van der Waals surface area contributed by atoms with E-state index in [1.165, 1.54) is 31.3 Å². The SMILES string of the molecule is CN(CCS(=O)(=O)c1ccc(C#N)cc1)CC(F)(F)F. The van der Waals surface area contributed by atoms with Crippen LogP contribution in [-0.4, -0.2) is 45.4 Å². The lowest BCUT2D eigenvalue weighted by molar-refractivity contribution is -0.142. The van der Waals surface area contributed by atoms with Crippen LogP contribution in [-0.2, 0) is 9.84 Å². The molecular formula is C12H13F3N2O2S. The highest BCUT2D eigenvalue weighted by Gasteiger charge is 2.29. The lowest BCUT2D eigenvalue weighted by Crippen LogP contribution is -2.34. The van der Waals surface area contributed by atoms with E-state index in [-0.39, 0.29) is 11.4 Å². The third-order valence-corrected chi connectivity index (χ3v) is 4.24. The van der Waals surface area contributed by atoms with E-state index in [4.69, 9.17) is 5.26 Å². The Morgan fingerprint density at radius 3 is 2.25 bits per heavy atom. The van der Waals surface area contributed by atoms with Crippen molar-refractivity contribution in [3.05, 3.63) is 29.8 Å². The Hall–Kier alpha value is -1.59. The lowest BCUT2D eigenvalue weighted by atomic mass is 10.2. The number of halogens is 3. The van der Waals surface area contributed by atoms with E-state index in [1.54, 1.807) is 0 Å². The molecule has 0 aliphatic heterocycles. The van der Waals surface area contributed by atoms with Crippen LogP contribution in [0.2, 0.25) is 0 Å². The molecule has 0 atom stereocenters. The van der Waals surface area contributed by atoms with Gasteiger partial charge >= 0.3 is 6.18 Å². The Kier molecular flexibility index (Phi) is 5.14. The molecule has 0 saturated heterocycles. The van der Waals surface area contributed by atoms with Gasteiger partial charge in [-0.25, -0.2) is 8.42 Å². The zero-order chi connectivity index (χ0) is 15.4. The van der Waals surface area contributed by atoms with Crippen molar-refractivity contribution in [3.63, 3.8) is 0 Å². The van der Waals surface area contributed by atoms with Crippen LogP contribution in [0.1, 0.15) is 5.56 Å². The molecule has 0 N–H and O–H groups in total. The normalized spacial score (nSPS) is 12.4. The first-order chi connectivity index (χ1) is 9.14. The predicted molar refractivity (Wildman–Crippen MR) is 66.8 cm³/mol. The second-order valence-corrected chi connectivity index (χ2v) is 6.42. The highest BCUT2D eigenvalue weighted by molar-refractivity contribution is 7.91. The summed E-state index contributed by atoms with van der Waals surface area (Å²) in [6.07, 6.45) is -4.35. The zero-order valence-corrected chi connectivity index (χ0v) is 11.5. The zero-order valence-electron chi connectivity index (χ0n) is 10.7. The molecule has 1 aromatic rings. The van der Waals surface area contributed by atoms with Crippen LogP contribution in [0.5, 0.6) is 0 Å². The van der Waals surface area contributed by atoms with Gasteiger partial charge in [0.15, 0.2) is 9.84 Å². The molecule has 0 aliphatic carbocycles. The van der Waals surface area contributed by atoms with Crippen molar-refractivity contribution in [3.8, 4) is 6.07 Å². The van der Waals surface area contributed by atoms with E-state index >= 15 is 0 Å². The quantitative estimate of drug-likeness (QED) is 0.832. The molecule has 0 heterocycles. The first kappa shape index (κ1) is 16.5. The highest BCUT2D eigenvalue weighted by Crippen LogP contribution is 2.16. The molecule has 1 aromatic carbocycles. The monoisotopic (exact) mass is 306 g/mol. The second-order valence-electron chi connectivity index (χ2n) is 4.31. The van der Waals surface area contributed by atoms with E-state index in [0.717, 1.165) is 4.90 Å². The topological polar surface area (TPSA) is 61.2 Å². The molecule has 0 fully saturated rings. The van der Waals surface area contributed by atoms with E-state index in [0.29, 0.717) is 5.56 Å². The summed E-state index contributed by atoms with van der Waals surface area (Å²) in [6, 6.07) is 7.11. The first-order valence-electron chi connectivity index (χ1n) is 5.62. The summed E-state index contributed by atoms with van der Waals surface area (Å²) in [4.78, 5) is 0.901. The van der Waals surface area contributed by atoms with Gasteiger partial charge in [-0.3, -0.25) is 4.90 Å². The maximum atomic E-state index is 12.1. The van der Waals surface area contributed by atoms with Crippen molar-refractivity contribution in [2.45, 2.75) is 11.1 Å². The summed E-state index contributed by atoms with van der Waals surface area (Å²) in [7, 11) is -2.44. The van der Waals surface area contributed by atoms with Crippen LogP contribution in [0.3, 0.4) is 0 Å². The van der Waals surface area contributed by atoms with Gasteiger partial charge in [0.05, 0.1) is 28.8 Å². The third-order valence-electron chi connectivity index (χ3n) is 2.53. The number of hydrogen-bond donors (Lipinski definition) is 0. The largest absolute Gasteiger partial charge is 0.401 e. The van der Waals surface area contributed by atoms with Crippen LogP contribution in [0.4, 0.5) is 13.2 Å². The van der Waals surface area contributed by atoms with Crippen molar-refractivity contribution in [1.29, 1.82) is 5.26 Å². The third kappa shape index (κ3) is 5.19. The summed E-state index contributed by atoms with van der Waals surface area (Å²) in [5.74, 6) is -0.411. The minimum absolute atomic E-state index is 0.00286. The summed E-state index contributed by atoms with van der Waals surface area (Å²) in [5.41, 5.74) is 0.318. The average Bonchev–Trinajstić information content (AvgIpc) is 2.35. The summed E-state index contributed by atoms with van der Waals surface area (Å²) >= 11 is 0. The highest BCUT2D eigenvalue weighted by atomic mass is 32.2. The first-order valence-corrected chi connectivity index (χ1v) is 7.27. The molecule has 110 valence electrons. The maximum Gasteiger partial charge on any atom is 0.401 e. The molecular weight excluding hydrogens is 293 g/mol. The molecule has 0 aliphatic rings. The molecule has 8 heteroatoms. The fraction of sp³-hybridized carbons (Fsp3) is 0.417. The molecule has 20 heavy (non-hydrogen) atoms. The Morgan fingerprint density at radius 1 is 1.25 bits per heavy atom. The van der Waals surface area contributed by atoms with Gasteiger partial charge in [0.2, 0.25) is 0 Å². The fourth-order valence-corrected chi connectivity index (χ4v) is 2.85. The van der Waals surface area contributed by atoms with Crippen LogP contribution >= 0.6 is 0 Å². The van der Waals surface area contributed by atoms with Crippen LogP contribution in [0.25, 0.3) is 0 Å². The van der Waals surface area contributed by atoms with Gasteiger partial charge < -0.3 is 0 Å². The molecule has 0 radical (unpaired) electrons. The molecule has 0 saturated carbocycles.